The summed E-state index contributed by atoms with van der Waals surface area (Å²) in [6.07, 6.45) is 0.142. The van der Waals surface area contributed by atoms with Gasteiger partial charge < -0.3 is 11.1 Å². The second kappa shape index (κ2) is 3.82. The van der Waals surface area contributed by atoms with Crippen molar-refractivity contribution in [2.75, 3.05) is 5.32 Å². The molecule has 0 amide bonds. The molecule has 3 N–H and O–H groups in total. The highest BCUT2D eigenvalue weighted by Gasteiger charge is 2.38. The van der Waals surface area contributed by atoms with Crippen LogP contribution in [0.5, 0.6) is 0 Å². The molecule has 15 heavy (non-hydrogen) atoms. The van der Waals surface area contributed by atoms with Gasteiger partial charge in [0, 0.05) is 12.1 Å². The van der Waals surface area contributed by atoms with Gasteiger partial charge in [0.2, 0.25) is 0 Å². The van der Waals surface area contributed by atoms with Crippen molar-refractivity contribution in [2.24, 2.45) is 5.73 Å². The number of hydrogen-bond acceptors (Lipinski definition) is 4. The fraction of sp³-hybridized carbons (Fsp3) is 0.273. The third-order valence-corrected chi connectivity index (χ3v) is 2.48. The number of Topliss-reactive ketones (excluding diaryl/α,β-unsaturated/α-hetero) is 2. The molecule has 4 heteroatoms. The van der Waals surface area contributed by atoms with Crippen molar-refractivity contribution in [2.45, 2.75) is 18.5 Å². The van der Waals surface area contributed by atoms with Crippen LogP contribution in [0.1, 0.15) is 6.42 Å². The second-order valence-electron chi connectivity index (χ2n) is 3.62. The minimum Gasteiger partial charge on any atom is -0.369 e. The molecule has 4 nitrogen and oxygen atoms in total. The maximum absolute atomic E-state index is 11.5. The average Bonchev–Trinajstić information content (AvgIpc) is 2.47. The molecular weight excluding hydrogens is 192 g/mol. The van der Waals surface area contributed by atoms with Gasteiger partial charge >= 0.3 is 0 Å². The molecule has 0 aromatic heterocycles. The van der Waals surface area contributed by atoms with Gasteiger partial charge in [-0.05, 0) is 12.1 Å². The van der Waals surface area contributed by atoms with Crippen molar-refractivity contribution in [3.63, 3.8) is 0 Å². The molecule has 1 fully saturated rings. The number of anilines is 1. The SMILES string of the molecule is N[C@H]1CC(=O)C(Nc2ccccc2)C1=O. The van der Waals surface area contributed by atoms with Crippen LogP contribution in [0.2, 0.25) is 0 Å². The van der Waals surface area contributed by atoms with Gasteiger partial charge in [0.1, 0.15) is 6.04 Å². The Morgan fingerprint density at radius 1 is 1.20 bits per heavy atom. The van der Waals surface area contributed by atoms with E-state index >= 15 is 0 Å². The smallest absolute Gasteiger partial charge is 0.179 e. The van der Waals surface area contributed by atoms with Gasteiger partial charge in [-0.15, -0.1) is 0 Å². The van der Waals surface area contributed by atoms with E-state index in [0.717, 1.165) is 5.69 Å². The Balaban J connectivity index is 2.13. The molecule has 1 saturated carbocycles. The topological polar surface area (TPSA) is 72.2 Å². The summed E-state index contributed by atoms with van der Waals surface area (Å²) in [6, 6.07) is 7.77. The fourth-order valence-corrected chi connectivity index (χ4v) is 1.66. The van der Waals surface area contributed by atoms with Crippen molar-refractivity contribution in [3.8, 4) is 0 Å². The molecule has 78 valence electrons. The third-order valence-electron chi connectivity index (χ3n) is 2.48. The number of para-hydroxylation sites is 1. The van der Waals surface area contributed by atoms with E-state index in [0.29, 0.717) is 0 Å². The lowest BCUT2D eigenvalue weighted by molar-refractivity contribution is -0.123. The first-order valence-electron chi connectivity index (χ1n) is 4.82. The van der Waals surface area contributed by atoms with Crippen LogP contribution < -0.4 is 11.1 Å². The lowest BCUT2D eigenvalue weighted by Gasteiger charge is -2.11. The summed E-state index contributed by atoms with van der Waals surface area (Å²) >= 11 is 0. The molecule has 0 aliphatic heterocycles. The van der Waals surface area contributed by atoms with Crippen molar-refractivity contribution >= 4 is 17.3 Å². The van der Waals surface area contributed by atoms with Crippen LogP contribution in [0.4, 0.5) is 5.69 Å². The highest BCUT2D eigenvalue weighted by molar-refractivity contribution is 6.17. The molecule has 1 aliphatic rings. The maximum atomic E-state index is 11.5. The standard InChI is InChI=1S/C11H12N2O2/c12-8-6-9(14)10(11(8)15)13-7-4-2-1-3-5-7/h1-5,8,10,13H,6,12H2/t8-,10?/m0/s1. The van der Waals surface area contributed by atoms with Gasteiger partial charge in [-0.25, -0.2) is 0 Å². The van der Waals surface area contributed by atoms with Crippen LogP contribution in [-0.2, 0) is 9.59 Å². The molecule has 0 bridgehead atoms. The zero-order chi connectivity index (χ0) is 10.8. The van der Waals surface area contributed by atoms with Crippen molar-refractivity contribution in [3.05, 3.63) is 30.3 Å². The number of carbonyl (C=O) groups is 2. The quantitative estimate of drug-likeness (QED) is 0.681. The number of benzene rings is 1. The molecule has 2 rings (SSSR count). The number of rotatable bonds is 2. The number of nitrogens with two attached hydrogens (primary N) is 1. The Bertz CT molecular complexity index is 389. The minimum absolute atomic E-state index is 0.128. The van der Waals surface area contributed by atoms with Gasteiger partial charge in [-0.1, -0.05) is 18.2 Å². The molecule has 1 aromatic rings. The monoisotopic (exact) mass is 204 g/mol. The van der Waals surface area contributed by atoms with E-state index in [-0.39, 0.29) is 18.0 Å². The number of nitrogens with one attached hydrogen (secondary N) is 1. The van der Waals surface area contributed by atoms with Gasteiger partial charge in [-0.2, -0.15) is 0 Å². The van der Waals surface area contributed by atoms with Crippen LogP contribution in [0, 0.1) is 0 Å². The summed E-state index contributed by atoms with van der Waals surface area (Å²) in [6.45, 7) is 0. The molecule has 1 aliphatic carbocycles. The van der Waals surface area contributed by atoms with Gasteiger partial charge in [-0.3, -0.25) is 9.59 Å². The summed E-state index contributed by atoms with van der Waals surface area (Å²) in [5.74, 6) is -0.347. The molecule has 0 radical (unpaired) electrons. The Morgan fingerprint density at radius 2 is 1.87 bits per heavy atom. The van der Waals surface area contributed by atoms with Gasteiger partial charge in [0.25, 0.3) is 0 Å². The van der Waals surface area contributed by atoms with E-state index in [1.165, 1.54) is 0 Å². The Labute approximate surface area is 87.5 Å². The molecule has 1 aromatic carbocycles. The lowest BCUT2D eigenvalue weighted by Crippen LogP contribution is -2.35. The number of carbonyl (C=O) groups excluding carboxylic acids is 2. The van der Waals surface area contributed by atoms with Crippen LogP contribution in [0.25, 0.3) is 0 Å². The third kappa shape index (κ3) is 1.89. The number of hydrogen-bond donors (Lipinski definition) is 2. The molecular formula is C11H12N2O2. The summed E-state index contributed by atoms with van der Waals surface area (Å²) in [7, 11) is 0. The minimum atomic E-state index is -0.762. The largest absolute Gasteiger partial charge is 0.369 e. The fourth-order valence-electron chi connectivity index (χ4n) is 1.66. The first-order valence-corrected chi connectivity index (χ1v) is 4.82. The maximum Gasteiger partial charge on any atom is 0.179 e. The Morgan fingerprint density at radius 3 is 2.40 bits per heavy atom. The highest BCUT2D eigenvalue weighted by atomic mass is 16.2. The van der Waals surface area contributed by atoms with Crippen molar-refractivity contribution < 1.29 is 9.59 Å². The van der Waals surface area contributed by atoms with E-state index in [1.807, 2.05) is 30.3 Å². The Kier molecular flexibility index (Phi) is 2.51. The first-order chi connectivity index (χ1) is 7.18. The highest BCUT2D eigenvalue weighted by Crippen LogP contribution is 2.16. The Hall–Kier alpha value is -1.68. The summed E-state index contributed by atoms with van der Waals surface area (Å²) in [4.78, 5) is 22.9. The van der Waals surface area contributed by atoms with Crippen molar-refractivity contribution in [1.82, 2.24) is 0 Å². The predicted molar refractivity (Wildman–Crippen MR) is 56.5 cm³/mol. The first kappa shape index (κ1) is 9.86. The van der Waals surface area contributed by atoms with E-state index in [2.05, 4.69) is 5.32 Å². The summed E-state index contributed by atoms with van der Waals surface area (Å²) < 4.78 is 0. The lowest BCUT2D eigenvalue weighted by atomic mass is 10.2. The normalized spacial score (nSPS) is 25.7. The zero-order valence-electron chi connectivity index (χ0n) is 8.14. The van der Waals surface area contributed by atoms with Crippen LogP contribution in [0.15, 0.2) is 30.3 Å². The molecule has 0 spiro atoms. The van der Waals surface area contributed by atoms with Crippen LogP contribution in [-0.4, -0.2) is 23.7 Å². The van der Waals surface area contributed by atoms with Crippen LogP contribution in [0.3, 0.4) is 0 Å². The summed E-state index contributed by atoms with van der Waals surface area (Å²) in [5.41, 5.74) is 6.26. The molecule has 1 unspecified atom stereocenters. The molecule has 0 saturated heterocycles. The van der Waals surface area contributed by atoms with E-state index in [4.69, 9.17) is 5.73 Å². The number of ketones is 2. The summed E-state index contributed by atoms with van der Waals surface area (Å²) in [5, 5.41) is 2.89. The zero-order valence-corrected chi connectivity index (χ0v) is 8.14. The van der Waals surface area contributed by atoms with E-state index in [9.17, 15) is 9.59 Å². The van der Waals surface area contributed by atoms with E-state index in [1.54, 1.807) is 0 Å². The van der Waals surface area contributed by atoms with Crippen molar-refractivity contribution in [1.29, 1.82) is 0 Å². The van der Waals surface area contributed by atoms with Gasteiger partial charge in [0.15, 0.2) is 11.6 Å². The van der Waals surface area contributed by atoms with Gasteiger partial charge in [0.05, 0.1) is 6.04 Å². The second-order valence-corrected chi connectivity index (χ2v) is 3.62. The average molecular weight is 204 g/mol. The van der Waals surface area contributed by atoms with E-state index < -0.39 is 12.1 Å². The predicted octanol–water partition coefficient (Wildman–Crippen LogP) is 0.336. The molecule has 0 heterocycles. The van der Waals surface area contributed by atoms with Crippen LogP contribution >= 0.6 is 0 Å². The molecule has 2 atom stereocenters.